The van der Waals surface area contributed by atoms with Crippen molar-refractivity contribution in [3.63, 3.8) is 0 Å². The lowest BCUT2D eigenvalue weighted by molar-refractivity contribution is -0.144. The van der Waals surface area contributed by atoms with Crippen LogP contribution < -0.4 is 0 Å². The van der Waals surface area contributed by atoms with Crippen molar-refractivity contribution in [2.45, 2.75) is 26.7 Å². The Morgan fingerprint density at radius 3 is 2.48 bits per heavy atom. The predicted molar refractivity (Wildman–Crippen MR) is 90.5 cm³/mol. The molecule has 1 amide bonds. The molecule has 122 valence electrons. The largest absolute Gasteiger partial charge is 0.480 e. The highest BCUT2D eigenvalue weighted by Gasteiger charge is 2.17. The van der Waals surface area contributed by atoms with Crippen LogP contribution in [0.15, 0.2) is 29.6 Å². The molecule has 1 aromatic carbocycles. The molecule has 0 saturated carbocycles. The van der Waals surface area contributed by atoms with Gasteiger partial charge in [0.15, 0.2) is 0 Å². The average molecular weight is 332 g/mol. The summed E-state index contributed by atoms with van der Waals surface area (Å²) in [5, 5.41) is 11.5. The van der Waals surface area contributed by atoms with Gasteiger partial charge in [-0.15, -0.1) is 11.3 Å². The number of nitrogens with zero attached hydrogens (tertiary/aromatic N) is 2. The number of amides is 1. The number of benzene rings is 1. The highest BCUT2D eigenvalue weighted by Crippen LogP contribution is 2.24. The molecule has 1 aromatic heterocycles. The topological polar surface area (TPSA) is 70.5 Å². The number of carbonyl (C=O) groups excluding carboxylic acids is 1. The normalized spacial score (nSPS) is 10.5. The quantitative estimate of drug-likeness (QED) is 0.846. The van der Waals surface area contributed by atoms with Gasteiger partial charge in [0.2, 0.25) is 5.91 Å². The lowest BCUT2D eigenvalue weighted by Crippen LogP contribution is -2.36. The molecule has 2 rings (SSSR count). The van der Waals surface area contributed by atoms with Crippen LogP contribution >= 0.6 is 11.3 Å². The Morgan fingerprint density at radius 2 is 1.91 bits per heavy atom. The standard InChI is InChI=1S/C17H20N2O3S/c1-3-12-5-7-13(8-6-12)17-18-14(11-23-17)9-15(20)19(4-2)10-16(21)22/h5-8,11H,3-4,9-10H2,1-2H3,(H,21,22). The Hall–Kier alpha value is -2.21. The highest BCUT2D eigenvalue weighted by atomic mass is 32.1. The van der Waals surface area contributed by atoms with Gasteiger partial charge in [-0.1, -0.05) is 31.2 Å². The lowest BCUT2D eigenvalue weighted by atomic mass is 10.1. The van der Waals surface area contributed by atoms with Gasteiger partial charge in [0, 0.05) is 17.5 Å². The number of thiazole rings is 1. The Morgan fingerprint density at radius 1 is 1.22 bits per heavy atom. The van der Waals surface area contributed by atoms with Gasteiger partial charge in [0.25, 0.3) is 0 Å². The minimum atomic E-state index is -1.00. The van der Waals surface area contributed by atoms with Crippen LogP contribution in [-0.4, -0.2) is 40.0 Å². The molecule has 0 aliphatic carbocycles. The number of carboxylic acids is 1. The third kappa shape index (κ3) is 4.63. The van der Waals surface area contributed by atoms with E-state index in [2.05, 4.69) is 24.0 Å². The molecule has 0 radical (unpaired) electrons. The summed E-state index contributed by atoms with van der Waals surface area (Å²) in [4.78, 5) is 28.7. The molecule has 0 spiro atoms. The summed E-state index contributed by atoms with van der Waals surface area (Å²) in [5.41, 5.74) is 2.98. The van der Waals surface area contributed by atoms with E-state index in [1.165, 1.54) is 21.8 Å². The second-order valence-electron chi connectivity index (χ2n) is 5.17. The van der Waals surface area contributed by atoms with Crippen LogP contribution in [0.25, 0.3) is 10.6 Å². The molecule has 0 unspecified atom stereocenters. The fraction of sp³-hybridized carbons (Fsp3) is 0.353. The van der Waals surface area contributed by atoms with Crippen molar-refractivity contribution in [1.82, 2.24) is 9.88 Å². The zero-order valence-electron chi connectivity index (χ0n) is 13.3. The number of likely N-dealkylation sites (N-methyl/N-ethyl adjacent to an activating group) is 1. The monoisotopic (exact) mass is 332 g/mol. The zero-order valence-corrected chi connectivity index (χ0v) is 14.1. The van der Waals surface area contributed by atoms with E-state index in [0.29, 0.717) is 12.2 Å². The second-order valence-corrected chi connectivity index (χ2v) is 6.03. The van der Waals surface area contributed by atoms with Crippen LogP contribution in [0.1, 0.15) is 25.1 Å². The first kappa shape index (κ1) is 17.1. The number of carbonyl (C=O) groups is 2. The summed E-state index contributed by atoms with van der Waals surface area (Å²) >= 11 is 1.49. The van der Waals surface area contributed by atoms with Gasteiger partial charge in [-0.25, -0.2) is 4.98 Å². The van der Waals surface area contributed by atoms with Crippen molar-refractivity contribution < 1.29 is 14.7 Å². The van der Waals surface area contributed by atoms with E-state index in [0.717, 1.165) is 17.0 Å². The molecule has 0 bridgehead atoms. The molecular weight excluding hydrogens is 312 g/mol. The minimum Gasteiger partial charge on any atom is -0.480 e. The predicted octanol–water partition coefficient (Wildman–Crippen LogP) is 2.85. The molecule has 23 heavy (non-hydrogen) atoms. The smallest absolute Gasteiger partial charge is 0.323 e. The summed E-state index contributed by atoms with van der Waals surface area (Å²) in [7, 11) is 0. The number of hydrogen-bond acceptors (Lipinski definition) is 4. The summed E-state index contributed by atoms with van der Waals surface area (Å²) in [6, 6.07) is 8.22. The molecule has 0 aliphatic rings. The molecule has 0 aliphatic heterocycles. The number of hydrogen-bond donors (Lipinski definition) is 1. The number of aliphatic carboxylic acids is 1. The van der Waals surface area contributed by atoms with Crippen LogP contribution in [0.2, 0.25) is 0 Å². The molecule has 1 heterocycles. The third-order valence-corrected chi connectivity index (χ3v) is 4.49. The van der Waals surface area contributed by atoms with Gasteiger partial charge in [-0.3, -0.25) is 9.59 Å². The number of aryl methyl sites for hydroxylation is 1. The third-order valence-electron chi connectivity index (χ3n) is 3.55. The fourth-order valence-corrected chi connectivity index (χ4v) is 3.04. The zero-order chi connectivity index (χ0) is 16.8. The molecule has 6 heteroatoms. The number of carboxylic acid groups (broad SMARTS) is 1. The molecule has 0 saturated heterocycles. The first-order valence-corrected chi connectivity index (χ1v) is 8.44. The van der Waals surface area contributed by atoms with Crippen molar-refractivity contribution in [2.75, 3.05) is 13.1 Å². The van der Waals surface area contributed by atoms with Crippen molar-refractivity contribution >= 4 is 23.2 Å². The second kappa shape index (κ2) is 7.87. The van der Waals surface area contributed by atoms with Gasteiger partial charge in [-0.2, -0.15) is 0 Å². The van der Waals surface area contributed by atoms with Crippen molar-refractivity contribution in [2.24, 2.45) is 0 Å². The molecule has 0 fully saturated rings. The van der Waals surface area contributed by atoms with Gasteiger partial charge >= 0.3 is 5.97 Å². The van der Waals surface area contributed by atoms with E-state index >= 15 is 0 Å². The molecule has 5 nitrogen and oxygen atoms in total. The van der Waals surface area contributed by atoms with Crippen LogP contribution in [0.4, 0.5) is 0 Å². The molecular formula is C17H20N2O3S. The Kier molecular flexibility index (Phi) is 5.87. The van der Waals surface area contributed by atoms with E-state index in [-0.39, 0.29) is 18.9 Å². The summed E-state index contributed by atoms with van der Waals surface area (Å²) < 4.78 is 0. The lowest BCUT2D eigenvalue weighted by Gasteiger charge is -2.17. The van der Waals surface area contributed by atoms with Crippen molar-refractivity contribution in [3.8, 4) is 10.6 Å². The Bertz CT molecular complexity index is 679. The van der Waals surface area contributed by atoms with Crippen LogP contribution in [-0.2, 0) is 22.4 Å². The molecule has 0 atom stereocenters. The Labute approximate surface area is 139 Å². The van der Waals surface area contributed by atoms with Crippen LogP contribution in [0.5, 0.6) is 0 Å². The molecule has 1 N–H and O–H groups in total. The van der Waals surface area contributed by atoms with Crippen LogP contribution in [0.3, 0.4) is 0 Å². The van der Waals surface area contributed by atoms with Crippen molar-refractivity contribution in [3.05, 3.63) is 40.9 Å². The maximum absolute atomic E-state index is 12.1. The minimum absolute atomic E-state index is 0.130. The van der Waals surface area contributed by atoms with E-state index in [4.69, 9.17) is 5.11 Å². The van der Waals surface area contributed by atoms with E-state index < -0.39 is 5.97 Å². The van der Waals surface area contributed by atoms with E-state index in [1.807, 2.05) is 17.5 Å². The summed E-state index contributed by atoms with van der Waals surface area (Å²) in [5.74, 6) is -1.22. The van der Waals surface area contributed by atoms with Gasteiger partial charge in [0.1, 0.15) is 11.6 Å². The maximum atomic E-state index is 12.1. The highest BCUT2D eigenvalue weighted by molar-refractivity contribution is 7.13. The molecule has 2 aromatic rings. The van der Waals surface area contributed by atoms with Gasteiger partial charge < -0.3 is 10.0 Å². The SMILES string of the molecule is CCc1ccc(-c2nc(CC(=O)N(CC)CC(=O)O)cs2)cc1. The van der Waals surface area contributed by atoms with Crippen molar-refractivity contribution in [1.29, 1.82) is 0 Å². The maximum Gasteiger partial charge on any atom is 0.323 e. The van der Waals surface area contributed by atoms with Gasteiger partial charge in [0.05, 0.1) is 12.1 Å². The fourth-order valence-electron chi connectivity index (χ4n) is 2.21. The van der Waals surface area contributed by atoms with E-state index in [1.54, 1.807) is 6.92 Å². The first-order valence-electron chi connectivity index (χ1n) is 7.56. The average Bonchev–Trinajstić information content (AvgIpc) is 3.00. The van der Waals surface area contributed by atoms with Crippen LogP contribution in [0, 0.1) is 0 Å². The first-order chi connectivity index (χ1) is 11.0. The number of aromatic nitrogens is 1. The van der Waals surface area contributed by atoms with Gasteiger partial charge in [-0.05, 0) is 18.9 Å². The summed E-state index contributed by atoms with van der Waals surface area (Å²) in [6.45, 7) is 3.98. The summed E-state index contributed by atoms with van der Waals surface area (Å²) in [6.07, 6.45) is 1.12. The Balaban J connectivity index is 2.06. The van der Waals surface area contributed by atoms with E-state index in [9.17, 15) is 9.59 Å². The number of rotatable bonds is 7.